The fraction of sp³-hybridized carbons (Fsp3) is 0.500. The monoisotopic (exact) mass is 206 g/mol. The molecule has 1 aromatic carbocycles. The molecule has 1 aromatic rings. The van der Waals surface area contributed by atoms with E-state index in [1.54, 1.807) is 0 Å². The van der Waals surface area contributed by atoms with E-state index in [-0.39, 0.29) is 6.73 Å². The lowest BCUT2D eigenvalue weighted by molar-refractivity contribution is 0.0439. The van der Waals surface area contributed by atoms with Crippen molar-refractivity contribution in [1.29, 1.82) is 0 Å². The van der Waals surface area contributed by atoms with Crippen molar-refractivity contribution in [1.82, 2.24) is 4.90 Å². The van der Waals surface area contributed by atoms with Crippen LogP contribution in [0.15, 0.2) is 24.3 Å². The van der Waals surface area contributed by atoms with Crippen molar-refractivity contribution in [2.24, 2.45) is 0 Å². The Morgan fingerprint density at radius 1 is 1.33 bits per heavy atom. The van der Waals surface area contributed by atoms with Crippen molar-refractivity contribution in [3.63, 3.8) is 0 Å². The van der Waals surface area contributed by atoms with E-state index in [0.29, 0.717) is 6.04 Å². The molecule has 0 saturated carbocycles. The van der Waals surface area contributed by atoms with Crippen LogP contribution in [0.2, 0.25) is 0 Å². The molecule has 2 rings (SSSR count). The summed E-state index contributed by atoms with van der Waals surface area (Å²) >= 11 is 0. The Bertz CT molecular complexity index is 327. The number of likely N-dealkylation sites (tertiary alicyclic amines) is 1. The number of aliphatic hydroxyl groups excluding tert-OH is 1. The fourth-order valence-corrected chi connectivity index (χ4v) is 2.33. The second-order valence-electron chi connectivity index (χ2n) is 4.09. The first kappa shape index (κ1) is 10.5. The smallest absolute Gasteiger partial charge is 0.0961 e. The van der Waals surface area contributed by atoms with E-state index >= 15 is 0 Å². The third kappa shape index (κ3) is 2.13. The number of para-hydroxylation sites is 1. The number of hydrogen-bond donors (Lipinski definition) is 2. The van der Waals surface area contributed by atoms with Gasteiger partial charge in [-0.05, 0) is 24.5 Å². The fourth-order valence-electron chi connectivity index (χ4n) is 2.33. The Morgan fingerprint density at radius 3 is 2.87 bits per heavy atom. The van der Waals surface area contributed by atoms with Gasteiger partial charge in [0, 0.05) is 18.3 Å². The second kappa shape index (κ2) is 4.64. The van der Waals surface area contributed by atoms with Crippen LogP contribution >= 0.6 is 0 Å². The highest BCUT2D eigenvalue weighted by Crippen LogP contribution is 2.33. The summed E-state index contributed by atoms with van der Waals surface area (Å²) < 4.78 is 0. The molecule has 1 unspecified atom stereocenters. The average Bonchev–Trinajstić information content (AvgIpc) is 2.30. The van der Waals surface area contributed by atoms with Crippen molar-refractivity contribution in [2.45, 2.75) is 25.3 Å². The quantitative estimate of drug-likeness (QED) is 0.725. The number of nitrogen functional groups attached to an aromatic ring is 1. The standard InChI is InChI=1S/C12H18N2O/c13-11-6-2-1-5-10(11)12-7-3-4-8-14(12)9-15/h1-2,5-6,12,15H,3-4,7-9,13H2. The van der Waals surface area contributed by atoms with Crippen molar-refractivity contribution in [2.75, 3.05) is 19.0 Å². The van der Waals surface area contributed by atoms with E-state index in [9.17, 15) is 5.11 Å². The van der Waals surface area contributed by atoms with E-state index in [1.165, 1.54) is 12.8 Å². The van der Waals surface area contributed by atoms with Crippen LogP contribution in [0.25, 0.3) is 0 Å². The van der Waals surface area contributed by atoms with Crippen LogP contribution in [0, 0.1) is 0 Å². The lowest BCUT2D eigenvalue weighted by Crippen LogP contribution is -2.34. The third-order valence-electron chi connectivity index (χ3n) is 3.15. The molecule has 1 saturated heterocycles. The SMILES string of the molecule is Nc1ccccc1C1CCCCN1CO. The van der Waals surface area contributed by atoms with Gasteiger partial charge in [-0.3, -0.25) is 4.90 Å². The maximum Gasteiger partial charge on any atom is 0.0961 e. The first-order valence-corrected chi connectivity index (χ1v) is 5.52. The highest BCUT2D eigenvalue weighted by atomic mass is 16.3. The van der Waals surface area contributed by atoms with Crippen LogP contribution in [-0.4, -0.2) is 23.3 Å². The zero-order valence-corrected chi connectivity index (χ0v) is 8.89. The van der Waals surface area contributed by atoms with Gasteiger partial charge >= 0.3 is 0 Å². The summed E-state index contributed by atoms with van der Waals surface area (Å²) in [5.41, 5.74) is 7.95. The number of nitrogens with two attached hydrogens (primary N) is 1. The van der Waals surface area contributed by atoms with Crippen LogP contribution in [0.4, 0.5) is 5.69 Å². The molecule has 82 valence electrons. The molecule has 3 heteroatoms. The van der Waals surface area contributed by atoms with E-state index < -0.39 is 0 Å². The molecule has 15 heavy (non-hydrogen) atoms. The number of aliphatic hydroxyl groups is 1. The second-order valence-corrected chi connectivity index (χ2v) is 4.09. The van der Waals surface area contributed by atoms with Crippen LogP contribution in [-0.2, 0) is 0 Å². The zero-order valence-electron chi connectivity index (χ0n) is 8.89. The summed E-state index contributed by atoms with van der Waals surface area (Å²) in [6.45, 7) is 1.09. The van der Waals surface area contributed by atoms with Gasteiger partial charge in [-0.25, -0.2) is 0 Å². The van der Waals surface area contributed by atoms with Gasteiger partial charge in [0.05, 0.1) is 6.73 Å². The summed E-state index contributed by atoms with van der Waals surface area (Å²) in [6.07, 6.45) is 3.48. The molecule has 1 aliphatic rings. The molecule has 0 radical (unpaired) electrons. The third-order valence-corrected chi connectivity index (χ3v) is 3.15. The molecule has 0 amide bonds. The Kier molecular flexibility index (Phi) is 3.23. The van der Waals surface area contributed by atoms with Gasteiger partial charge in [0.2, 0.25) is 0 Å². The zero-order chi connectivity index (χ0) is 10.7. The van der Waals surface area contributed by atoms with Gasteiger partial charge in [0.15, 0.2) is 0 Å². The highest BCUT2D eigenvalue weighted by Gasteiger charge is 2.24. The summed E-state index contributed by atoms with van der Waals surface area (Å²) in [7, 11) is 0. The van der Waals surface area contributed by atoms with Gasteiger partial charge in [-0.15, -0.1) is 0 Å². The Hall–Kier alpha value is -1.06. The topological polar surface area (TPSA) is 49.5 Å². The molecule has 0 spiro atoms. The van der Waals surface area contributed by atoms with Crippen LogP contribution in [0.3, 0.4) is 0 Å². The Balaban J connectivity index is 2.24. The number of piperidine rings is 1. The van der Waals surface area contributed by atoms with Gasteiger partial charge in [0.25, 0.3) is 0 Å². The van der Waals surface area contributed by atoms with E-state index in [4.69, 9.17) is 5.73 Å². The molecule has 0 aliphatic carbocycles. The molecule has 0 aromatic heterocycles. The summed E-state index contributed by atoms with van der Waals surface area (Å²) in [4.78, 5) is 2.09. The molecular weight excluding hydrogens is 188 g/mol. The Morgan fingerprint density at radius 2 is 2.13 bits per heavy atom. The molecule has 3 nitrogen and oxygen atoms in total. The van der Waals surface area contributed by atoms with Gasteiger partial charge in [-0.1, -0.05) is 24.6 Å². The first-order chi connectivity index (χ1) is 7.33. The lowest BCUT2D eigenvalue weighted by atomic mass is 9.94. The Labute approximate surface area is 90.5 Å². The number of nitrogens with zero attached hydrogens (tertiary/aromatic N) is 1. The van der Waals surface area contributed by atoms with E-state index in [0.717, 1.165) is 24.2 Å². The molecule has 0 bridgehead atoms. The summed E-state index contributed by atoms with van der Waals surface area (Å²) in [5.74, 6) is 0. The van der Waals surface area contributed by atoms with Crippen LogP contribution in [0.5, 0.6) is 0 Å². The van der Waals surface area contributed by atoms with E-state index in [2.05, 4.69) is 11.0 Å². The van der Waals surface area contributed by atoms with E-state index in [1.807, 2.05) is 18.2 Å². The average molecular weight is 206 g/mol. The number of anilines is 1. The summed E-state index contributed by atoms with van der Waals surface area (Å²) in [5, 5.41) is 9.30. The van der Waals surface area contributed by atoms with Gasteiger partial charge < -0.3 is 10.8 Å². The first-order valence-electron chi connectivity index (χ1n) is 5.52. The molecule has 1 fully saturated rings. The van der Waals surface area contributed by atoms with Crippen molar-refractivity contribution in [3.8, 4) is 0 Å². The number of hydrogen-bond acceptors (Lipinski definition) is 3. The van der Waals surface area contributed by atoms with Crippen molar-refractivity contribution < 1.29 is 5.11 Å². The largest absolute Gasteiger partial charge is 0.398 e. The van der Waals surface area contributed by atoms with Gasteiger partial charge in [-0.2, -0.15) is 0 Å². The predicted molar refractivity (Wildman–Crippen MR) is 61.2 cm³/mol. The van der Waals surface area contributed by atoms with Crippen LogP contribution in [0.1, 0.15) is 30.9 Å². The maximum absolute atomic E-state index is 9.30. The maximum atomic E-state index is 9.30. The normalized spacial score (nSPS) is 22.9. The molecule has 1 heterocycles. The minimum absolute atomic E-state index is 0.124. The number of benzene rings is 1. The van der Waals surface area contributed by atoms with Crippen LogP contribution < -0.4 is 5.73 Å². The van der Waals surface area contributed by atoms with Crippen molar-refractivity contribution >= 4 is 5.69 Å². The number of rotatable bonds is 2. The predicted octanol–water partition coefficient (Wildman–Crippen LogP) is 1.75. The molecule has 1 atom stereocenters. The van der Waals surface area contributed by atoms with Gasteiger partial charge in [0.1, 0.15) is 0 Å². The van der Waals surface area contributed by atoms with Crippen molar-refractivity contribution in [3.05, 3.63) is 29.8 Å². The molecular formula is C12H18N2O. The molecule has 3 N–H and O–H groups in total. The minimum atomic E-state index is 0.124. The highest BCUT2D eigenvalue weighted by molar-refractivity contribution is 5.48. The summed E-state index contributed by atoms with van der Waals surface area (Å²) in [6, 6.07) is 8.25. The molecule has 1 aliphatic heterocycles. The lowest BCUT2D eigenvalue weighted by Gasteiger charge is -2.34. The minimum Gasteiger partial charge on any atom is -0.398 e.